The monoisotopic (exact) mass is 304 g/mol. The summed E-state index contributed by atoms with van der Waals surface area (Å²) in [5.41, 5.74) is 1.14. The standard InChI is InChI=1S/C21H36O/c1-4-5-6-7-8-9-10-11-12-15-19(18(2)3)20-16-13-14-17-21(20)22/h13-14,16-19,22H,4-12,15H2,1-3H3. The van der Waals surface area contributed by atoms with Crippen molar-refractivity contribution in [2.75, 3.05) is 0 Å². The molecule has 1 aromatic rings. The molecule has 0 amide bonds. The highest BCUT2D eigenvalue weighted by Gasteiger charge is 2.18. The molecule has 1 N–H and O–H groups in total. The Morgan fingerprint density at radius 1 is 0.818 bits per heavy atom. The van der Waals surface area contributed by atoms with Crippen molar-refractivity contribution in [2.24, 2.45) is 5.92 Å². The molecule has 0 aliphatic rings. The van der Waals surface area contributed by atoms with Crippen LogP contribution in [0.15, 0.2) is 24.3 Å². The van der Waals surface area contributed by atoms with Crippen LogP contribution in [0.2, 0.25) is 0 Å². The molecule has 0 saturated heterocycles. The Labute approximate surface area is 138 Å². The van der Waals surface area contributed by atoms with E-state index in [4.69, 9.17) is 0 Å². The molecule has 126 valence electrons. The average molecular weight is 305 g/mol. The van der Waals surface area contributed by atoms with E-state index in [1.165, 1.54) is 64.2 Å². The molecule has 0 bridgehead atoms. The minimum absolute atomic E-state index is 0.470. The van der Waals surface area contributed by atoms with Crippen molar-refractivity contribution >= 4 is 0 Å². The first-order valence-corrected chi connectivity index (χ1v) is 9.44. The van der Waals surface area contributed by atoms with E-state index in [1.54, 1.807) is 0 Å². The van der Waals surface area contributed by atoms with E-state index in [0.717, 1.165) is 5.56 Å². The first-order valence-electron chi connectivity index (χ1n) is 9.44. The lowest BCUT2D eigenvalue weighted by atomic mass is 9.83. The number of hydrogen-bond acceptors (Lipinski definition) is 1. The number of rotatable bonds is 12. The Kier molecular flexibility index (Phi) is 10.0. The summed E-state index contributed by atoms with van der Waals surface area (Å²) in [6, 6.07) is 7.87. The van der Waals surface area contributed by atoms with Crippen molar-refractivity contribution in [1.29, 1.82) is 0 Å². The fraction of sp³-hybridized carbons (Fsp3) is 0.714. The molecule has 1 heteroatoms. The quantitative estimate of drug-likeness (QED) is 0.410. The van der Waals surface area contributed by atoms with E-state index in [9.17, 15) is 5.11 Å². The summed E-state index contributed by atoms with van der Waals surface area (Å²) < 4.78 is 0. The molecule has 22 heavy (non-hydrogen) atoms. The van der Waals surface area contributed by atoms with Crippen LogP contribution in [0.3, 0.4) is 0 Å². The molecule has 1 rings (SSSR count). The van der Waals surface area contributed by atoms with E-state index in [0.29, 0.717) is 17.6 Å². The Morgan fingerprint density at radius 3 is 1.91 bits per heavy atom. The van der Waals surface area contributed by atoms with Gasteiger partial charge in [-0.05, 0) is 29.9 Å². The highest BCUT2D eigenvalue weighted by atomic mass is 16.3. The zero-order valence-electron chi connectivity index (χ0n) is 15.0. The van der Waals surface area contributed by atoms with Gasteiger partial charge in [-0.3, -0.25) is 0 Å². The lowest BCUT2D eigenvalue weighted by Crippen LogP contribution is -2.07. The molecule has 1 nitrogen and oxygen atoms in total. The first-order chi connectivity index (χ1) is 10.7. The second kappa shape index (κ2) is 11.6. The largest absolute Gasteiger partial charge is 0.508 e. The number of aromatic hydroxyl groups is 1. The van der Waals surface area contributed by atoms with E-state index >= 15 is 0 Å². The van der Waals surface area contributed by atoms with Gasteiger partial charge in [-0.15, -0.1) is 0 Å². The van der Waals surface area contributed by atoms with Gasteiger partial charge >= 0.3 is 0 Å². The van der Waals surface area contributed by atoms with E-state index in [2.05, 4.69) is 26.8 Å². The fourth-order valence-electron chi connectivity index (χ4n) is 3.32. The average Bonchev–Trinajstić information content (AvgIpc) is 2.50. The molecule has 0 heterocycles. The summed E-state index contributed by atoms with van der Waals surface area (Å²) in [7, 11) is 0. The molecule has 1 aromatic carbocycles. The van der Waals surface area contributed by atoms with Crippen LogP contribution in [0.5, 0.6) is 5.75 Å². The molecule has 0 aliphatic carbocycles. The van der Waals surface area contributed by atoms with Gasteiger partial charge in [-0.25, -0.2) is 0 Å². The van der Waals surface area contributed by atoms with Crippen LogP contribution in [0.25, 0.3) is 0 Å². The third-order valence-corrected chi connectivity index (χ3v) is 4.76. The minimum atomic E-state index is 0.470. The summed E-state index contributed by atoms with van der Waals surface area (Å²) in [5.74, 6) is 1.55. The third-order valence-electron chi connectivity index (χ3n) is 4.76. The van der Waals surface area contributed by atoms with Gasteiger partial charge in [0.1, 0.15) is 5.75 Å². The number of benzene rings is 1. The first kappa shape index (κ1) is 19.1. The smallest absolute Gasteiger partial charge is 0.119 e. The van der Waals surface area contributed by atoms with Crippen molar-refractivity contribution in [3.05, 3.63) is 29.8 Å². The summed E-state index contributed by atoms with van der Waals surface area (Å²) in [6.07, 6.45) is 13.6. The molecular formula is C21H36O. The minimum Gasteiger partial charge on any atom is -0.508 e. The maximum atomic E-state index is 10.1. The maximum Gasteiger partial charge on any atom is 0.119 e. The van der Waals surface area contributed by atoms with Gasteiger partial charge in [0.05, 0.1) is 0 Å². The van der Waals surface area contributed by atoms with Crippen molar-refractivity contribution in [1.82, 2.24) is 0 Å². The lowest BCUT2D eigenvalue weighted by molar-refractivity contribution is 0.410. The predicted octanol–water partition coefficient (Wildman–Crippen LogP) is 7.05. The number of phenols is 1. The Hall–Kier alpha value is -0.980. The normalized spacial score (nSPS) is 12.7. The number of para-hydroxylation sites is 1. The van der Waals surface area contributed by atoms with Crippen molar-refractivity contribution in [3.63, 3.8) is 0 Å². The number of hydrogen-bond donors (Lipinski definition) is 1. The van der Waals surface area contributed by atoms with Gasteiger partial charge in [0.25, 0.3) is 0 Å². The highest BCUT2D eigenvalue weighted by molar-refractivity contribution is 5.35. The van der Waals surface area contributed by atoms with Crippen LogP contribution >= 0.6 is 0 Å². The zero-order valence-corrected chi connectivity index (χ0v) is 15.0. The Morgan fingerprint density at radius 2 is 1.36 bits per heavy atom. The van der Waals surface area contributed by atoms with E-state index < -0.39 is 0 Å². The van der Waals surface area contributed by atoms with E-state index in [1.807, 2.05) is 18.2 Å². The molecule has 0 radical (unpaired) electrons. The molecule has 0 aromatic heterocycles. The van der Waals surface area contributed by atoms with Crippen LogP contribution in [-0.2, 0) is 0 Å². The molecule has 0 fully saturated rings. The SMILES string of the molecule is CCCCCCCCCCCC(c1ccccc1O)C(C)C. The van der Waals surface area contributed by atoms with Gasteiger partial charge in [0.2, 0.25) is 0 Å². The van der Waals surface area contributed by atoms with Gasteiger partial charge in [-0.2, -0.15) is 0 Å². The van der Waals surface area contributed by atoms with Crippen LogP contribution < -0.4 is 0 Å². The Bertz CT molecular complexity index is 383. The van der Waals surface area contributed by atoms with E-state index in [-0.39, 0.29) is 0 Å². The van der Waals surface area contributed by atoms with Crippen LogP contribution in [0.1, 0.15) is 96.5 Å². The summed E-state index contributed by atoms with van der Waals surface area (Å²) in [5, 5.41) is 10.1. The second-order valence-corrected chi connectivity index (χ2v) is 7.03. The van der Waals surface area contributed by atoms with Crippen LogP contribution in [0.4, 0.5) is 0 Å². The fourth-order valence-corrected chi connectivity index (χ4v) is 3.32. The van der Waals surface area contributed by atoms with Gasteiger partial charge in [0.15, 0.2) is 0 Å². The third kappa shape index (κ3) is 7.33. The van der Waals surface area contributed by atoms with Gasteiger partial charge < -0.3 is 5.11 Å². The predicted molar refractivity (Wildman–Crippen MR) is 97.5 cm³/mol. The summed E-state index contributed by atoms with van der Waals surface area (Å²) in [6.45, 7) is 6.81. The van der Waals surface area contributed by atoms with Crippen molar-refractivity contribution < 1.29 is 5.11 Å². The van der Waals surface area contributed by atoms with Gasteiger partial charge in [-0.1, -0.05) is 96.8 Å². The number of phenolic OH excluding ortho intramolecular Hbond substituents is 1. The van der Waals surface area contributed by atoms with Crippen molar-refractivity contribution in [2.45, 2.75) is 90.9 Å². The van der Waals surface area contributed by atoms with Crippen LogP contribution in [-0.4, -0.2) is 5.11 Å². The molecule has 0 spiro atoms. The Balaban J connectivity index is 2.22. The second-order valence-electron chi connectivity index (χ2n) is 7.03. The molecule has 0 saturated carbocycles. The van der Waals surface area contributed by atoms with Crippen LogP contribution in [0, 0.1) is 5.92 Å². The number of unbranched alkanes of at least 4 members (excludes halogenated alkanes) is 8. The lowest BCUT2D eigenvalue weighted by Gasteiger charge is -2.22. The molecule has 1 unspecified atom stereocenters. The summed E-state index contributed by atoms with van der Waals surface area (Å²) >= 11 is 0. The summed E-state index contributed by atoms with van der Waals surface area (Å²) in [4.78, 5) is 0. The highest BCUT2D eigenvalue weighted by Crippen LogP contribution is 2.35. The zero-order chi connectivity index (χ0) is 16.2. The van der Waals surface area contributed by atoms with Gasteiger partial charge in [0, 0.05) is 0 Å². The molecule has 0 aliphatic heterocycles. The molecule has 1 atom stereocenters. The van der Waals surface area contributed by atoms with Crippen molar-refractivity contribution in [3.8, 4) is 5.75 Å². The topological polar surface area (TPSA) is 20.2 Å². The maximum absolute atomic E-state index is 10.1. The molecular weight excluding hydrogens is 268 g/mol.